The Kier molecular flexibility index (Phi) is 6.21. The van der Waals surface area contributed by atoms with Crippen molar-refractivity contribution in [3.8, 4) is 16.9 Å². The van der Waals surface area contributed by atoms with Crippen LogP contribution in [0.5, 0.6) is 0 Å². The van der Waals surface area contributed by atoms with Crippen LogP contribution in [0.1, 0.15) is 33.6 Å². The third kappa shape index (κ3) is 4.62. The lowest BCUT2D eigenvalue weighted by Gasteiger charge is -2.32. The molecule has 3 aromatic carbocycles. The molecule has 34 heavy (non-hydrogen) atoms. The Labute approximate surface area is 198 Å². The van der Waals surface area contributed by atoms with Crippen LogP contribution in [0.3, 0.4) is 0 Å². The van der Waals surface area contributed by atoms with Crippen molar-refractivity contribution < 1.29 is 9.59 Å². The van der Waals surface area contributed by atoms with E-state index in [1.165, 1.54) is 0 Å². The molecule has 6 nitrogen and oxygen atoms in total. The number of nitrogens with one attached hydrogen (secondary N) is 1. The third-order valence-electron chi connectivity index (χ3n) is 6.17. The summed E-state index contributed by atoms with van der Waals surface area (Å²) >= 11 is 0. The Balaban J connectivity index is 1.32. The normalized spacial score (nSPS) is 14.1. The van der Waals surface area contributed by atoms with Gasteiger partial charge < -0.3 is 10.2 Å². The monoisotopic (exact) mass is 450 g/mol. The molecular weight excluding hydrogens is 424 g/mol. The number of likely N-dealkylation sites (tertiary alicyclic amines) is 1. The summed E-state index contributed by atoms with van der Waals surface area (Å²) in [5.74, 6) is -0.102. The molecule has 4 aromatic rings. The molecule has 1 aliphatic rings. The molecule has 170 valence electrons. The third-order valence-corrected chi connectivity index (χ3v) is 6.17. The molecule has 1 N–H and O–H groups in total. The predicted octanol–water partition coefficient (Wildman–Crippen LogP) is 4.57. The summed E-state index contributed by atoms with van der Waals surface area (Å²) in [5, 5.41) is 7.87. The lowest BCUT2D eigenvalue weighted by molar-refractivity contribution is 0.0699. The van der Waals surface area contributed by atoms with Crippen LogP contribution >= 0.6 is 0 Å². The zero-order valence-corrected chi connectivity index (χ0v) is 18.8. The molecule has 0 saturated carbocycles. The van der Waals surface area contributed by atoms with Crippen LogP contribution in [0, 0.1) is 0 Å². The summed E-state index contributed by atoms with van der Waals surface area (Å²) < 4.78 is 1.77. The number of aromatic nitrogens is 2. The minimum absolute atomic E-state index is 0.0335. The first-order chi connectivity index (χ1) is 16.7. The van der Waals surface area contributed by atoms with E-state index >= 15 is 0 Å². The molecule has 1 aromatic heterocycles. The van der Waals surface area contributed by atoms with Gasteiger partial charge in [0.2, 0.25) is 0 Å². The summed E-state index contributed by atoms with van der Waals surface area (Å²) in [5.41, 5.74) is 3.73. The molecule has 0 radical (unpaired) electrons. The SMILES string of the molecule is O=C(NC1CCN(C(=O)c2cn(-c3ccccc3)nc2-c2ccccc2)CC1)c1ccccc1. The van der Waals surface area contributed by atoms with Crippen LogP contribution in [0.25, 0.3) is 16.9 Å². The molecule has 6 heteroatoms. The summed E-state index contributed by atoms with van der Waals surface area (Å²) in [7, 11) is 0. The second-order valence-electron chi connectivity index (χ2n) is 8.44. The summed E-state index contributed by atoms with van der Waals surface area (Å²) in [4.78, 5) is 27.9. The zero-order chi connectivity index (χ0) is 23.3. The average molecular weight is 451 g/mol. The fourth-order valence-electron chi connectivity index (χ4n) is 4.31. The van der Waals surface area contributed by atoms with Gasteiger partial charge in [-0.05, 0) is 37.1 Å². The molecule has 0 unspecified atom stereocenters. The second-order valence-corrected chi connectivity index (χ2v) is 8.44. The van der Waals surface area contributed by atoms with E-state index in [0.717, 1.165) is 24.1 Å². The van der Waals surface area contributed by atoms with E-state index in [4.69, 9.17) is 5.10 Å². The lowest BCUT2D eigenvalue weighted by Crippen LogP contribution is -2.46. The van der Waals surface area contributed by atoms with E-state index in [0.29, 0.717) is 29.9 Å². The maximum Gasteiger partial charge on any atom is 0.257 e. The van der Waals surface area contributed by atoms with Crippen molar-refractivity contribution in [2.75, 3.05) is 13.1 Å². The summed E-state index contributed by atoms with van der Waals surface area (Å²) in [6, 6.07) is 28.9. The van der Waals surface area contributed by atoms with Gasteiger partial charge in [-0.15, -0.1) is 0 Å². The van der Waals surface area contributed by atoms with E-state index < -0.39 is 0 Å². The molecule has 1 aliphatic heterocycles. The van der Waals surface area contributed by atoms with Gasteiger partial charge in [0.1, 0.15) is 5.69 Å². The van der Waals surface area contributed by atoms with Crippen LogP contribution in [-0.4, -0.2) is 45.6 Å². The minimum atomic E-state index is -0.0686. The first kappa shape index (κ1) is 21.6. The highest BCUT2D eigenvalue weighted by Gasteiger charge is 2.28. The number of hydrogen-bond acceptors (Lipinski definition) is 3. The highest BCUT2D eigenvalue weighted by molar-refractivity contribution is 6.00. The highest BCUT2D eigenvalue weighted by Crippen LogP contribution is 2.26. The Bertz CT molecular complexity index is 1260. The molecule has 0 spiro atoms. The highest BCUT2D eigenvalue weighted by atomic mass is 16.2. The van der Waals surface area contributed by atoms with Crippen molar-refractivity contribution in [1.29, 1.82) is 0 Å². The van der Waals surface area contributed by atoms with E-state index in [2.05, 4.69) is 5.32 Å². The molecule has 5 rings (SSSR count). The Morgan fingerprint density at radius 3 is 2.03 bits per heavy atom. The average Bonchev–Trinajstić information content (AvgIpc) is 3.36. The maximum absolute atomic E-state index is 13.6. The molecule has 2 amide bonds. The van der Waals surface area contributed by atoms with Crippen molar-refractivity contribution in [3.63, 3.8) is 0 Å². The minimum Gasteiger partial charge on any atom is -0.349 e. The topological polar surface area (TPSA) is 67.2 Å². The van der Waals surface area contributed by atoms with Gasteiger partial charge in [0, 0.05) is 36.5 Å². The van der Waals surface area contributed by atoms with Gasteiger partial charge in [0.25, 0.3) is 11.8 Å². The molecule has 2 heterocycles. The predicted molar refractivity (Wildman–Crippen MR) is 132 cm³/mol. The van der Waals surface area contributed by atoms with Crippen LogP contribution in [-0.2, 0) is 0 Å². The maximum atomic E-state index is 13.6. The molecule has 1 fully saturated rings. The largest absolute Gasteiger partial charge is 0.349 e. The number of hydrogen-bond donors (Lipinski definition) is 1. The van der Waals surface area contributed by atoms with Gasteiger partial charge in [0.05, 0.1) is 11.3 Å². The Morgan fingerprint density at radius 1 is 0.794 bits per heavy atom. The van der Waals surface area contributed by atoms with Crippen LogP contribution in [0.2, 0.25) is 0 Å². The number of piperidine rings is 1. The molecule has 0 bridgehead atoms. The van der Waals surface area contributed by atoms with Gasteiger partial charge in [-0.3, -0.25) is 9.59 Å². The number of rotatable bonds is 5. The lowest BCUT2D eigenvalue weighted by atomic mass is 10.0. The Hall–Kier alpha value is -4.19. The molecule has 1 saturated heterocycles. The zero-order valence-electron chi connectivity index (χ0n) is 18.8. The quantitative estimate of drug-likeness (QED) is 0.484. The Morgan fingerprint density at radius 2 is 1.38 bits per heavy atom. The number of para-hydroxylation sites is 1. The van der Waals surface area contributed by atoms with E-state index in [-0.39, 0.29) is 17.9 Å². The smallest absolute Gasteiger partial charge is 0.257 e. The molecular formula is C28H26N4O2. The standard InChI is InChI=1S/C28H26N4O2/c33-27(22-12-6-2-7-13-22)29-23-16-18-31(19-17-23)28(34)25-20-32(24-14-8-3-9-15-24)30-26(25)21-10-4-1-5-11-21/h1-15,20,23H,16-19H2,(H,29,33). The van der Waals surface area contributed by atoms with Gasteiger partial charge in [-0.1, -0.05) is 66.7 Å². The van der Waals surface area contributed by atoms with Gasteiger partial charge >= 0.3 is 0 Å². The van der Waals surface area contributed by atoms with Gasteiger partial charge in [0.15, 0.2) is 0 Å². The summed E-state index contributed by atoms with van der Waals surface area (Å²) in [6.45, 7) is 1.17. The summed E-state index contributed by atoms with van der Waals surface area (Å²) in [6.07, 6.45) is 3.26. The van der Waals surface area contributed by atoms with Gasteiger partial charge in [-0.25, -0.2) is 4.68 Å². The van der Waals surface area contributed by atoms with Gasteiger partial charge in [-0.2, -0.15) is 5.10 Å². The van der Waals surface area contributed by atoms with Crippen molar-refractivity contribution >= 4 is 11.8 Å². The van der Waals surface area contributed by atoms with Crippen LogP contribution in [0.15, 0.2) is 97.2 Å². The van der Waals surface area contributed by atoms with Crippen LogP contribution < -0.4 is 5.32 Å². The van der Waals surface area contributed by atoms with Crippen molar-refractivity contribution in [2.45, 2.75) is 18.9 Å². The number of carbonyl (C=O) groups excluding carboxylic acids is 2. The fourth-order valence-corrected chi connectivity index (χ4v) is 4.31. The van der Waals surface area contributed by atoms with Crippen LogP contribution in [0.4, 0.5) is 0 Å². The van der Waals surface area contributed by atoms with Crippen molar-refractivity contribution in [1.82, 2.24) is 20.0 Å². The van der Waals surface area contributed by atoms with E-state index in [1.807, 2.05) is 102 Å². The second kappa shape index (κ2) is 9.75. The first-order valence-electron chi connectivity index (χ1n) is 11.5. The fraction of sp³-hybridized carbons (Fsp3) is 0.179. The number of carbonyl (C=O) groups is 2. The van der Waals surface area contributed by atoms with Crippen molar-refractivity contribution in [3.05, 3.63) is 108 Å². The number of benzene rings is 3. The molecule has 0 atom stereocenters. The first-order valence-corrected chi connectivity index (χ1v) is 11.5. The number of amides is 2. The number of nitrogens with zero attached hydrogens (tertiary/aromatic N) is 3. The van der Waals surface area contributed by atoms with Crippen molar-refractivity contribution in [2.24, 2.45) is 0 Å². The van der Waals surface area contributed by atoms with E-state index in [9.17, 15) is 9.59 Å². The molecule has 0 aliphatic carbocycles. The van der Waals surface area contributed by atoms with E-state index in [1.54, 1.807) is 4.68 Å².